The van der Waals surface area contributed by atoms with Crippen LogP contribution in [0, 0.1) is 5.82 Å². The van der Waals surface area contributed by atoms with Gasteiger partial charge in [-0.3, -0.25) is 0 Å². The van der Waals surface area contributed by atoms with E-state index in [0.29, 0.717) is 12.6 Å². The van der Waals surface area contributed by atoms with Gasteiger partial charge in [-0.1, -0.05) is 15.9 Å². The molecule has 0 saturated carbocycles. The number of piperidine rings is 1. The lowest BCUT2D eigenvalue weighted by Crippen LogP contribution is -2.48. The van der Waals surface area contributed by atoms with Crippen LogP contribution in [-0.4, -0.2) is 31.6 Å². The average Bonchev–Trinajstić information content (AvgIpc) is 3.14. The van der Waals surface area contributed by atoms with E-state index >= 15 is 0 Å². The molecule has 7 heteroatoms. The van der Waals surface area contributed by atoms with Gasteiger partial charge in [0.25, 0.3) is 0 Å². The van der Waals surface area contributed by atoms with E-state index in [1.807, 2.05) is 6.07 Å². The van der Waals surface area contributed by atoms with E-state index < -0.39 is 0 Å². The molecule has 1 aliphatic rings. The third-order valence-electron chi connectivity index (χ3n) is 4.34. The van der Waals surface area contributed by atoms with E-state index in [1.54, 1.807) is 11.3 Å². The molecule has 2 aromatic rings. The summed E-state index contributed by atoms with van der Waals surface area (Å²) in [6, 6.07) is 9.57. The Hall–Kier alpha value is -1.60. The monoisotopic (exact) mass is 438 g/mol. The number of guanidine groups is 1. The van der Waals surface area contributed by atoms with Crippen LogP contribution >= 0.6 is 27.3 Å². The van der Waals surface area contributed by atoms with Crippen LogP contribution < -0.4 is 15.5 Å². The Morgan fingerprint density at radius 2 is 2.15 bits per heavy atom. The van der Waals surface area contributed by atoms with Crippen molar-refractivity contribution in [3.63, 3.8) is 0 Å². The minimum atomic E-state index is -0.247. The molecule has 1 aliphatic heterocycles. The summed E-state index contributed by atoms with van der Waals surface area (Å²) in [5.41, 5.74) is 0.849. The van der Waals surface area contributed by atoms with Crippen LogP contribution in [0.15, 0.2) is 45.2 Å². The van der Waals surface area contributed by atoms with E-state index in [1.165, 1.54) is 17.1 Å². The van der Waals surface area contributed by atoms with Gasteiger partial charge in [0.15, 0.2) is 5.96 Å². The van der Waals surface area contributed by atoms with Gasteiger partial charge in [0.2, 0.25) is 0 Å². The molecule has 0 radical (unpaired) electrons. The van der Waals surface area contributed by atoms with Gasteiger partial charge >= 0.3 is 0 Å². The second-order valence-electron chi connectivity index (χ2n) is 6.33. The number of rotatable bonds is 5. The highest BCUT2D eigenvalue weighted by Gasteiger charge is 2.20. The molecule has 1 aromatic heterocycles. The summed E-state index contributed by atoms with van der Waals surface area (Å²) in [7, 11) is 0. The Labute approximate surface area is 166 Å². The maximum Gasteiger partial charge on any atom is 0.191 e. The molecule has 1 aromatic carbocycles. The molecular weight excluding hydrogens is 415 g/mol. The summed E-state index contributed by atoms with van der Waals surface area (Å²) in [5, 5.41) is 10.3. The summed E-state index contributed by atoms with van der Waals surface area (Å²) in [4.78, 5) is 7.07. The molecule has 0 spiro atoms. The number of hydrogen-bond donors (Lipinski definition) is 2. The van der Waals surface area contributed by atoms with Crippen molar-refractivity contribution in [3.05, 3.63) is 51.6 Å². The van der Waals surface area contributed by atoms with E-state index in [2.05, 4.69) is 60.9 Å². The third-order valence-corrected chi connectivity index (χ3v) is 5.73. The fourth-order valence-corrected chi connectivity index (χ4v) is 4.38. The molecule has 1 fully saturated rings. The van der Waals surface area contributed by atoms with E-state index in [-0.39, 0.29) is 5.82 Å². The highest BCUT2D eigenvalue weighted by molar-refractivity contribution is 9.10. The summed E-state index contributed by atoms with van der Waals surface area (Å²) in [6.07, 6.45) is 2.15. The van der Waals surface area contributed by atoms with Crippen molar-refractivity contribution in [2.75, 3.05) is 24.5 Å². The fraction of sp³-hybridized carbons (Fsp3) is 0.421. The molecule has 4 nitrogen and oxygen atoms in total. The number of benzene rings is 1. The van der Waals surface area contributed by atoms with Crippen molar-refractivity contribution < 1.29 is 4.39 Å². The fourth-order valence-electron chi connectivity index (χ4n) is 3.08. The minimum Gasteiger partial charge on any atom is -0.363 e. The number of anilines is 1. The molecule has 3 rings (SSSR count). The smallest absolute Gasteiger partial charge is 0.191 e. The second kappa shape index (κ2) is 9.37. The first kappa shape index (κ1) is 19.2. The molecule has 26 heavy (non-hydrogen) atoms. The molecular formula is C19H24BrFN4S. The lowest BCUT2D eigenvalue weighted by molar-refractivity contribution is 0.463. The van der Waals surface area contributed by atoms with Gasteiger partial charge in [-0.25, -0.2) is 9.38 Å². The highest BCUT2D eigenvalue weighted by Crippen LogP contribution is 2.24. The SMILES string of the molecule is CCNC(=NCc1cc(F)cc(Br)c1)NC1CCN(c2cccs2)CC1. The number of thiophene rings is 1. The van der Waals surface area contributed by atoms with Crippen molar-refractivity contribution >= 4 is 38.2 Å². The standard InChI is InChI=1S/C19H24BrFN4S/c1-2-22-19(23-13-14-10-15(20)12-16(21)11-14)24-17-5-7-25(8-6-17)18-4-3-9-26-18/h3-4,9-12,17H,2,5-8,13H2,1H3,(H2,22,23,24). The van der Waals surface area contributed by atoms with Crippen molar-refractivity contribution in [2.45, 2.75) is 32.4 Å². The van der Waals surface area contributed by atoms with Crippen LogP contribution in [0.25, 0.3) is 0 Å². The maximum atomic E-state index is 13.5. The van der Waals surface area contributed by atoms with Crippen LogP contribution in [-0.2, 0) is 6.54 Å². The first-order valence-corrected chi connectivity index (χ1v) is 10.6. The summed E-state index contributed by atoms with van der Waals surface area (Å²) < 4.78 is 14.3. The van der Waals surface area contributed by atoms with Gasteiger partial charge in [-0.2, -0.15) is 0 Å². The van der Waals surface area contributed by atoms with Crippen LogP contribution in [0.1, 0.15) is 25.3 Å². The number of nitrogens with zero attached hydrogens (tertiary/aromatic N) is 2. The third kappa shape index (κ3) is 5.45. The lowest BCUT2D eigenvalue weighted by Gasteiger charge is -2.33. The van der Waals surface area contributed by atoms with E-state index in [4.69, 9.17) is 0 Å². The van der Waals surface area contributed by atoms with Crippen LogP contribution in [0.3, 0.4) is 0 Å². The highest BCUT2D eigenvalue weighted by atomic mass is 79.9. The molecule has 1 saturated heterocycles. The molecule has 0 bridgehead atoms. The first-order valence-electron chi connectivity index (χ1n) is 8.92. The molecule has 140 valence electrons. The van der Waals surface area contributed by atoms with E-state index in [0.717, 1.165) is 48.5 Å². The number of hydrogen-bond acceptors (Lipinski definition) is 3. The predicted molar refractivity (Wildman–Crippen MR) is 112 cm³/mol. The molecule has 0 aliphatic carbocycles. The molecule has 0 amide bonds. The predicted octanol–water partition coefficient (Wildman–Crippen LogP) is 4.37. The van der Waals surface area contributed by atoms with Gasteiger partial charge in [-0.15, -0.1) is 11.3 Å². The summed E-state index contributed by atoms with van der Waals surface area (Å²) >= 11 is 5.12. The zero-order chi connectivity index (χ0) is 18.4. The Kier molecular flexibility index (Phi) is 6.91. The van der Waals surface area contributed by atoms with Crippen molar-refractivity contribution in [1.29, 1.82) is 0 Å². The van der Waals surface area contributed by atoms with Crippen molar-refractivity contribution in [2.24, 2.45) is 4.99 Å². The average molecular weight is 439 g/mol. The van der Waals surface area contributed by atoms with Gasteiger partial charge in [0.1, 0.15) is 5.82 Å². The Balaban J connectivity index is 1.56. The minimum absolute atomic E-state index is 0.247. The van der Waals surface area contributed by atoms with E-state index in [9.17, 15) is 4.39 Å². The summed E-state index contributed by atoms with van der Waals surface area (Å²) in [6.45, 7) is 5.39. The Morgan fingerprint density at radius 3 is 2.81 bits per heavy atom. The first-order chi connectivity index (χ1) is 12.6. The van der Waals surface area contributed by atoms with Gasteiger partial charge < -0.3 is 15.5 Å². The second-order valence-corrected chi connectivity index (χ2v) is 8.17. The molecule has 2 heterocycles. The van der Waals surface area contributed by atoms with Gasteiger partial charge in [0, 0.05) is 30.1 Å². The lowest BCUT2D eigenvalue weighted by atomic mass is 10.1. The van der Waals surface area contributed by atoms with Crippen molar-refractivity contribution in [3.8, 4) is 0 Å². The largest absolute Gasteiger partial charge is 0.363 e. The van der Waals surface area contributed by atoms with Crippen LogP contribution in [0.2, 0.25) is 0 Å². The van der Waals surface area contributed by atoms with Gasteiger partial charge in [0.05, 0.1) is 11.5 Å². The number of halogens is 2. The number of nitrogens with one attached hydrogen (secondary N) is 2. The maximum absolute atomic E-state index is 13.5. The van der Waals surface area contributed by atoms with Gasteiger partial charge in [-0.05, 0) is 61.0 Å². The zero-order valence-corrected chi connectivity index (χ0v) is 17.2. The zero-order valence-electron chi connectivity index (χ0n) is 14.8. The molecule has 2 N–H and O–H groups in total. The topological polar surface area (TPSA) is 39.7 Å². The van der Waals surface area contributed by atoms with Crippen molar-refractivity contribution in [1.82, 2.24) is 10.6 Å². The summed E-state index contributed by atoms with van der Waals surface area (Å²) in [5.74, 6) is 0.547. The Morgan fingerprint density at radius 1 is 1.35 bits per heavy atom. The molecule has 0 atom stereocenters. The van der Waals surface area contributed by atoms with Crippen LogP contribution in [0.4, 0.5) is 9.39 Å². The van der Waals surface area contributed by atoms with Crippen LogP contribution in [0.5, 0.6) is 0 Å². The Bertz CT molecular complexity index is 707. The number of aliphatic imine (C=N–C) groups is 1. The quantitative estimate of drug-likeness (QED) is 0.537. The normalized spacial score (nSPS) is 16.0. The molecule has 0 unspecified atom stereocenters.